The van der Waals surface area contributed by atoms with Gasteiger partial charge in [0.05, 0.1) is 0 Å². The molecule has 2 N–H and O–H groups in total. The van der Waals surface area contributed by atoms with E-state index in [1.165, 1.54) is 25.8 Å². The van der Waals surface area contributed by atoms with Gasteiger partial charge >= 0.3 is 0 Å². The summed E-state index contributed by atoms with van der Waals surface area (Å²) in [4.78, 5) is 18.9. The number of carbonyl (C=O) groups excluding carboxylic acids is 2. The van der Waals surface area contributed by atoms with Crippen molar-refractivity contribution in [2.45, 2.75) is 44.8 Å². The standard InChI is InChI=1S/C6H13N.C4H6O3/c1-2-3-4-6-5-7-6;5-2-1-4(7)3-6/h6-7H,2-5H2,1H3;2-4,7H,1H2. The molecule has 2 atom stereocenters. The summed E-state index contributed by atoms with van der Waals surface area (Å²) in [7, 11) is 0. The average Bonchev–Trinajstić information content (AvgIpc) is 2.99. The van der Waals surface area contributed by atoms with Crippen LogP contribution >= 0.6 is 0 Å². The smallest absolute Gasteiger partial charge is 0.148 e. The van der Waals surface area contributed by atoms with Crippen LogP contribution in [-0.2, 0) is 9.59 Å². The molecule has 0 aromatic carbocycles. The predicted octanol–water partition coefficient (Wildman–Crippen LogP) is 0.284. The first-order valence-corrected chi connectivity index (χ1v) is 5.05. The lowest BCUT2D eigenvalue weighted by Gasteiger charge is -1.88. The molecule has 0 aromatic rings. The van der Waals surface area contributed by atoms with E-state index in [2.05, 4.69) is 12.2 Å². The van der Waals surface area contributed by atoms with E-state index in [0.29, 0.717) is 12.6 Å². The lowest BCUT2D eigenvalue weighted by Crippen LogP contribution is -2.07. The Balaban J connectivity index is 0.000000241. The van der Waals surface area contributed by atoms with E-state index in [1.807, 2.05) is 0 Å². The number of aliphatic hydroxyl groups is 1. The zero-order valence-electron chi connectivity index (χ0n) is 8.61. The molecule has 0 bridgehead atoms. The Labute approximate surface area is 84.7 Å². The molecule has 1 rings (SSSR count). The van der Waals surface area contributed by atoms with Crippen molar-refractivity contribution in [1.29, 1.82) is 0 Å². The van der Waals surface area contributed by atoms with Crippen molar-refractivity contribution >= 4 is 12.6 Å². The van der Waals surface area contributed by atoms with Crippen molar-refractivity contribution < 1.29 is 14.7 Å². The van der Waals surface area contributed by atoms with E-state index < -0.39 is 6.10 Å². The molecule has 4 nitrogen and oxygen atoms in total. The minimum atomic E-state index is -1.10. The molecule has 0 saturated carbocycles. The quantitative estimate of drug-likeness (QED) is 0.478. The minimum Gasteiger partial charge on any atom is -0.385 e. The third-order valence-electron chi connectivity index (χ3n) is 1.89. The summed E-state index contributed by atoms with van der Waals surface area (Å²) in [6.45, 7) is 3.52. The van der Waals surface area contributed by atoms with Crippen LogP contribution in [-0.4, -0.2) is 36.4 Å². The number of nitrogens with one attached hydrogen (secondary N) is 1. The van der Waals surface area contributed by atoms with Gasteiger partial charge in [0.2, 0.25) is 0 Å². The summed E-state index contributed by atoms with van der Waals surface area (Å²) in [5.74, 6) is 0. The fourth-order valence-electron chi connectivity index (χ4n) is 0.892. The highest BCUT2D eigenvalue weighted by molar-refractivity contribution is 5.63. The first kappa shape index (κ1) is 13.3. The maximum absolute atomic E-state index is 9.49. The van der Waals surface area contributed by atoms with E-state index in [1.54, 1.807) is 0 Å². The monoisotopic (exact) mass is 201 g/mol. The van der Waals surface area contributed by atoms with E-state index in [4.69, 9.17) is 5.11 Å². The van der Waals surface area contributed by atoms with Crippen LogP contribution in [0.15, 0.2) is 0 Å². The molecule has 0 amide bonds. The fraction of sp³-hybridized carbons (Fsp3) is 0.800. The molecule has 0 radical (unpaired) electrons. The van der Waals surface area contributed by atoms with Crippen molar-refractivity contribution in [3.05, 3.63) is 0 Å². The highest BCUT2D eigenvalue weighted by Crippen LogP contribution is 2.06. The van der Waals surface area contributed by atoms with Crippen LogP contribution in [0.2, 0.25) is 0 Å². The summed E-state index contributed by atoms with van der Waals surface area (Å²) >= 11 is 0. The Morgan fingerprint density at radius 3 is 2.50 bits per heavy atom. The van der Waals surface area contributed by atoms with E-state index >= 15 is 0 Å². The van der Waals surface area contributed by atoms with Gasteiger partial charge in [-0.25, -0.2) is 0 Å². The minimum absolute atomic E-state index is 0.0938. The largest absolute Gasteiger partial charge is 0.385 e. The Kier molecular flexibility index (Phi) is 8.37. The second kappa shape index (κ2) is 8.84. The number of carbonyl (C=O) groups is 2. The molecule has 0 aliphatic carbocycles. The third kappa shape index (κ3) is 9.35. The SMILES string of the molecule is CCCCC1CN1.O=CCC(O)C=O. The van der Waals surface area contributed by atoms with Crippen LogP contribution in [0.25, 0.3) is 0 Å². The van der Waals surface area contributed by atoms with Gasteiger partial charge in [0.25, 0.3) is 0 Å². The van der Waals surface area contributed by atoms with Gasteiger partial charge in [-0.15, -0.1) is 0 Å². The maximum atomic E-state index is 9.49. The molecule has 0 spiro atoms. The van der Waals surface area contributed by atoms with Gasteiger partial charge < -0.3 is 20.0 Å². The summed E-state index contributed by atoms with van der Waals surface area (Å²) in [5.41, 5.74) is 0. The molecule has 4 heteroatoms. The van der Waals surface area contributed by atoms with Crippen molar-refractivity contribution in [3.8, 4) is 0 Å². The average molecular weight is 201 g/mol. The number of aldehydes is 2. The first-order chi connectivity index (χ1) is 6.74. The van der Waals surface area contributed by atoms with Crippen molar-refractivity contribution in [2.75, 3.05) is 6.54 Å². The molecule has 0 aromatic heterocycles. The summed E-state index contributed by atoms with van der Waals surface area (Å²) in [6, 6.07) is 0.903. The molecular weight excluding hydrogens is 182 g/mol. The normalized spacial score (nSPS) is 20.3. The van der Waals surface area contributed by atoms with Crippen LogP contribution in [0, 0.1) is 0 Å². The van der Waals surface area contributed by atoms with Crippen molar-refractivity contribution in [3.63, 3.8) is 0 Å². The second-order valence-corrected chi connectivity index (χ2v) is 3.35. The van der Waals surface area contributed by atoms with Gasteiger partial charge in [-0.05, 0) is 6.42 Å². The van der Waals surface area contributed by atoms with Crippen LogP contribution < -0.4 is 5.32 Å². The topological polar surface area (TPSA) is 76.3 Å². The van der Waals surface area contributed by atoms with Crippen molar-refractivity contribution in [2.24, 2.45) is 0 Å². The van der Waals surface area contributed by atoms with Crippen LogP contribution in [0.1, 0.15) is 32.6 Å². The first-order valence-electron chi connectivity index (χ1n) is 5.05. The number of rotatable bonds is 6. The molecule has 1 aliphatic heterocycles. The summed E-state index contributed by atoms with van der Waals surface area (Å²) in [5, 5.41) is 11.5. The molecule has 1 heterocycles. The number of aliphatic hydroxyl groups excluding tert-OH is 1. The van der Waals surface area contributed by atoms with Crippen LogP contribution in [0.3, 0.4) is 0 Å². The lowest BCUT2D eigenvalue weighted by molar-refractivity contribution is -0.119. The molecule has 82 valence electrons. The Bertz CT molecular complexity index is 157. The zero-order valence-corrected chi connectivity index (χ0v) is 8.61. The van der Waals surface area contributed by atoms with Gasteiger partial charge in [-0.1, -0.05) is 19.8 Å². The van der Waals surface area contributed by atoms with Crippen LogP contribution in [0.5, 0.6) is 0 Å². The number of unbranched alkanes of at least 4 members (excludes halogenated alkanes) is 1. The Morgan fingerprint density at radius 2 is 2.21 bits per heavy atom. The van der Waals surface area contributed by atoms with E-state index in [-0.39, 0.29) is 6.42 Å². The fourth-order valence-corrected chi connectivity index (χ4v) is 0.892. The molecule has 1 saturated heterocycles. The molecular formula is C10H19NO3. The lowest BCUT2D eigenvalue weighted by atomic mass is 10.2. The van der Waals surface area contributed by atoms with Crippen molar-refractivity contribution in [1.82, 2.24) is 5.32 Å². The van der Waals surface area contributed by atoms with Gasteiger partial charge in [0, 0.05) is 19.0 Å². The van der Waals surface area contributed by atoms with E-state index in [9.17, 15) is 9.59 Å². The van der Waals surface area contributed by atoms with Gasteiger partial charge in [-0.2, -0.15) is 0 Å². The van der Waals surface area contributed by atoms with Gasteiger partial charge in [0.1, 0.15) is 18.7 Å². The summed E-state index contributed by atoms with van der Waals surface area (Å²) in [6.07, 6.45) is 3.78. The number of hydrogen-bond donors (Lipinski definition) is 2. The molecule has 1 fully saturated rings. The maximum Gasteiger partial charge on any atom is 0.148 e. The van der Waals surface area contributed by atoms with Crippen LogP contribution in [0.4, 0.5) is 0 Å². The molecule has 14 heavy (non-hydrogen) atoms. The zero-order chi connectivity index (χ0) is 10.8. The Hall–Kier alpha value is -0.740. The Morgan fingerprint density at radius 1 is 1.57 bits per heavy atom. The molecule has 2 unspecified atom stereocenters. The highest BCUT2D eigenvalue weighted by Gasteiger charge is 2.17. The number of hydrogen-bond acceptors (Lipinski definition) is 4. The van der Waals surface area contributed by atoms with Gasteiger partial charge in [0.15, 0.2) is 0 Å². The summed E-state index contributed by atoms with van der Waals surface area (Å²) < 4.78 is 0. The highest BCUT2D eigenvalue weighted by atomic mass is 16.3. The predicted molar refractivity (Wildman–Crippen MR) is 54.1 cm³/mol. The second-order valence-electron chi connectivity index (χ2n) is 3.35. The van der Waals surface area contributed by atoms with Gasteiger partial charge in [-0.3, -0.25) is 0 Å². The third-order valence-corrected chi connectivity index (χ3v) is 1.89. The van der Waals surface area contributed by atoms with E-state index in [0.717, 1.165) is 6.04 Å². The molecule has 1 aliphatic rings.